The quantitative estimate of drug-likeness (QED) is 0.789. The van der Waals surface area contributed by atoms with Crippen molar-refractivity contribution in [3.05, 3.63) is 28.8 Å². The first-order valence-electron chi connectivity index (χ1n) is 6.86. The molecule has 0 saturated heterocycles. The minimum atomic E-state index is -0.955. The lowest BCUT2D eigenvalue weighted by Crippen LogP contribution is -2.03. The van der Waals surface area contributed by atoms with Gasteiger partial charge in [0.25, 0.3) is 0 Å². The highest BCUT2D eigenvalue weighted by Gasteiger charge is 2.17. The second kappa shape index (κ2) is 7.90. The van der Waals surface area contributed by atoms with Gasteiger partial charge in [-0.2, -0.15) is 0 Å². The summed E-state index contributed by atoms with van der Waals surface area (Å²) < 4.78 is 0. The van der Waals surface area contributed by atoms with Gasteiger partial charge in [-0.25, -0.2) is 4.79 Å². The molecule has 0 saturated carbocycles. The SMILES string of the molecule is CC(C)O.CC(C)c1cc(C(=O)O)cc(C(C)C)c1O. The molecule has 1 aromatic rings. The number of hydrogen-bond donors (Lipinski definition) is 3. The van der Waals surface area contributed by atoms with Gasteiger partial charge in [0, 0.05) is 6.10 Å². The van der Waals surface area contributed by atoms with Gasteiger partial charge in [0.1, 0.15) is 5.75 Å². The van der Waals surface area contributed by atoms with E-state index in [9.17, 15) is 9.90 Å². The van der Waals surface area contributed by atoms with Crippen LogP contribution in [0.4, 0.5) is 0 Å². The smallest absolute Gasteiger partial charge is 0.335 e. The third-order valence-corrected chi connectivity index (χ3v) is 2.66. The summed E-state index contributed by atoms with van der Waals surface area (Å²) >= 11 is 0. The first-order valence-corrected chi connectivity index (χ1v) is 6.86. The van der Waals surface area contributed by atoms with E-state index < -0.39 is 5.97 Å². The third kappa shape index (κ3) is 5.61. The average molecular weight is 282 g/mol. The highest BCUT2D eigenvalue weighted by Crippen LogP contribution is 2.34. The number of aromatic carboxylic acids is 1. The number of phenolic OH excluding ortho intramolecular Hbond substituents is 1. The molecule has 4 nitrogen and oxygen atoms in total. The van der Waals surface area contributed by atoms with Crippen LogP contribution in [0.1, 0.15) is 74.9 Å². The van der Waals surface area contributed by atoms with Gasteiger partial charge in [0.05, 0.1) is 5.56 Å². The number of aliphatic hydroxyl groups is 1. The van der Waals surface area contributed by atoms with Crippen LogP contribution < -0.4 is 0 Å². The van der Waals surface area contributed by atoms with Crippen LogP contribution in [0.3, 0.4) is 0 Å². The topological polar surface area (TPSA) is 77.8 Å². The van der Waals surface area contributed by atoms with E-state index in [0.717, 1.165) is 0 Å². The Kier molecular flexibility index (Phi) is 7.29. The average Bonchev–Trinajstić information content (AvgIpc) is 2.27. The fraction of sp³-hybridized carbons (Fsp3) is 0.562. The van der Waals surface area contributed by atoms with E-state index in [4.69, 9.17) is 10.2 Å². The minimum Gasteiger partial charge on any atom is -0.507 e. The molecule has 0 fully saturated rings. The molecule has 0 bridgehead atoms. The Balaban J connectivity index is 0.000000796. The molecule has 0 aliphatic heterocycles. The lowest BCUT2D eigenvalue weighted by molar-refractivity contribution is 0.0696. The molecular formula is C16H26O4. The fourth-order valence-electron chi connectivity index (χ4n) is 1.68. The maximum atomic E-state index is 11.0. The Hall–Kier alpha value is -1.55. The zero-order valence-corrected chi connectivity index (χ0v) is 13.1. The van der Waals surface area contributed by atoms with E-state index >= 15 is 0 Å². The number of carboxylic acids is 1. The summed E-state index contributed by atoms with van der Waals surface area (Å²) in [4.78, 5) is 11.0. The molecule has 0 heterocycles. The van der Waals surface area contributed by atoms with E-state index in [0.29, 0.717) is 11.1 Å². The maximum absolute atomic E-state index is 11.0. The molecule has 0 aliphatic carbocycles. The summed E-state index contributed by atoms with van der Waals surface area (Å²) in [5.74, 6) is -0.507. The molecule has 4 heteroatoms. The molecule has 20 heavy (non-hydrogen) atoms. The predicted octanol–water partition coefficient (Wildman–Crippen LogP) is 3.72. The van der Waals surface area contributed by atoms with E-state index in [1.807, 2.05) is 27.7 Å². The van der Waals surface area contributed by atoms with E-state index in [2.05, 4.69) is 0 Å². The minimum absolute atomic E-state index is 0.108. The first kappa shape index (κ1) is 18.4. The van der Waals surface area contributed by atoms with Crippen molar-refractivity contribution in [2.75, 3.05) is 0 Å². The van der Waals surface area contributed by atoms with Crippen LogP contribution in [0.15, 0.2) is 12.1 Å². The van der Waals surface area contributed by atoms with Crippen molar-refractivity contribution in [2.45, 2.75) is 59.5 Å². The van der Waals surface area contributed by atoms with Gasteiger partial charge in [-0.3, -0.25) is 0 Å². The van der Waals surface area contributed by atoms with Crippen molar-refractivity contribution in [3.63, 3.8) is 0 Å². The fourth-order valence-corrected chi connectivity index (χ4v) is 1.68. The number of rotatable bonds is 3. The first-order chi connectivity index (χ1) is 9.07. The third-order valence-electron chi connectivity index (χ3n) is 2.66. The molecule has 1 aromatic carbocycles. The standard InChI is InChI=1S/C13H18O3.C3H8O/c1-7(2)10-5-9(13(15)16)6-11(8(3)4)12(10)14;1-3(2)4/h5-8,14H,1-4H3,(H,15,16);3-4H,1-2H3. The number of hydrogen-bond acceptors (Lipinski definition) is 3. The summed E-state index contributed by atoms with van der Waals surface area (Å²) in [7, 11) is 0. The molecule has 1 rings (SSSR count). The second-order valence-corrected chi connectivity index (χ2v) is 5.71. The van der Waals surface area contributed by atoms with Crippen LogP contribution in [-0.2, 0) is 0 Å². The Morgan fingerprint density at radius 2 is 1.25 bits per heavy atom. The van der Waals surface area contributed by atoms with Gasteiger partial charge in [-0.15, -0.1) is 0 Å². The van der Waals surface area contributed by atoms with Crippen molar-refractivity contribution in [3.8, 4) is 5.75 Å². The van der Waals surface area contributed by atoms with Gasteiger partial charge < -0.3 is 15.3 Å². The zero-order chi connectivity index (χ0) is 16.0. The van der Waals surface area contributed by atoms with Gasteiger partial charge in [0.2, 0.25) is 0 Å². The van der Waals surface area contributed by atoms with Gasteiger partial charge >= 0.3 is 5.97 Å². The van der Waals surface area contributed by atoms with Gasteiger partial charge in [0.15, 0.2) is 0 Å². The summed E-state index contributed by atoms with van der Waals surface area (Å²) in [5.41, 5.74) is 1.64. The maximum Gasteiger partial charge on any atom is 0.335 e. The molecule has 0 spiro atoms. The van der Waals surface area contributed by atoms with Crippen molar-refractivity contribution < 1.29 is 20.1 Å². The molecule has 3 N–H and O–H groups in total. The highest BCUT2D eigenvalue weighted by atomic mass is 16.4. The monoisotopic (exact) mass is 282 g/mol. The molecule has 0 atom stereocenters. The van der Waals surface area contributed by atoms with Crippen LogP contribution in [0, 0.1) is 0 Å². The highest BCUT2D eigenvalue weighted by molar-refractivity contribution is 5.88. The van der Waals surface area contributed by atoms with Crippen molar-refractivity contribution >= 4 is 5.97 Å². The van der Waals surface area contributed by atoms with Crippen molar-refractivity contribution in [1.82, 2.24) is 0 Å². The van der Waals surface area contributed by atoms with Gasteiger partial charge in [-0.05, 0) is 48.9 Å². The molecule has 0 radical (unpaired) electrons. The largest absolute Gasteiger partial charge is 0.507 e. The molecule has 0 aromatic heterocycles. The molecular weight excluding hydrogens is 256 g/mol. The Morgan fingerprint density at radius 3 is 1.45 bits per heavy atom. The van der Waals surface area contributed by atoms with Crippen molar-refractivity contribution in [1.29, 1.82) is 0 Å². The molecule has 0 aliphatic rings. The Bertz CT molecular complexity index is 416. The Labute approximate surface area is 121 Å². The molecule has 114 valence electrons. The summed E-state index contributed by atoms with van der Waals surface area (Å²) in [6, 6.07) is 3.10. The van der Waals surface area contributed by atoms with E-state index in [1.165, 1.54) is 0 Å². The van der Waals surface area contributed by atoms with Crippen LogP contribution >= 0.6 is 0 Å². The van der Waals surface area contributed by atoms with Crippen molar-refractivity contribution in [2.24, 2.45) is 0 Å². The van der Waals surface area contributed by atoms with Crippen LogP contribution in [0.25, 0.3) is 0 Å². The zero-order valence-electron chi connectivity index (χ0n) is 13.1. The summed E-state index contributed by atoms with van der Waals surface area (Å²) in [5, 5.41) is 27.1. The van der Waals surface area contributed by atoms with Crippen LogP contribution in [0.2, 0.25) is 0 Å². The van der Waals surface area contributed by atoms with Gasteiger partial charge in [-0.1, -0.05) is 27.7 Å². The summed E-state index contributed by atoms with van der Waals surface area (Å²) in [6.07, 6.45) is -0.167. The number of carbonyl (C=O) groups is 1. The lowest BCUT2D eigenvalue weighted by Gasteiger charge is -2.16. The normalized spacial score (nSPS) is 10.7. The number of aliphatic hydroxyl groups excluding tert-OH is 1. The number of phenols is 1. The number of carboxylic acid groups (broad SMARTS) is 1. The number of aromatic hydroxyl groups is 1. The molecule has 0 unspecified atom stereocenters. The predicted molar refractivity (Wildman–Crippen MR) is 80.6 cm³/mol. The van der Waals surface area contributed by atoms with Crippen LogP contribution in [0.5, 0.6) is 5.75 Å². The lowest BCUT2D eigenvalue weighted by atomic mass is 9.91. The summed E-state index contributed by atoms with van der Waals surface area (Å²) in [6.45, 7) is 11.2. The molecule has 0 amide bonds. The van der Waals surface area contributed by atoms with Crippen LogP contribution in [-0.4, -0.2) is 27.4 Å². The van der Waals surface area contributed by atoms with E-state index in [-0.39, 0.29) is 29.3 Å². The van der Waals surface area contributed by atoms with E-state index in [1.54, 1.807) is 26.0 Å². The second-order valence-electron chi connectivity index (χ2n) is 5.71. The number of benzene rings is 1. The Morgan fingerprint density at radius 1 is 0.950 bits per heavy atom.